The van der Waals surface area contributed by atoms with Crippen LogP contribution in [0.15, 0.2) is 30.0 Å². The number of carbonyl (C=O) groups is 1. The Kier molecular flexibility index (Phi) is 7.22. The van der Waals surface area contributed by atoms with Gasteiger partial charge in [0.1, 0.15) is 23.0 Å². The lowest BCUT2D eigenvalue weighted by molar-refractivity contribution is -0.124. The Labute approximate surface area is 170 Å². The number of nitrogens with two attached hydrogens (primary N) is 1. The van der Waals surface area contributed by atoms with Crippen molar-refractivity contribution in [1.29, 1.82) is 5.41 Å². The lowest BCUT2D eigenvalue weighted by Gasteiger charge is -2.24. The van der Waals surface area contributed by atoms with Gasteiger partial charge in [0, 0.05) is 19.2 Å². The Hall–Kier alpha value is -2.50. The quantitative estimate of drug-likeness (QED) is 0.489. The van der Waals surface area contributed by atoms with Crippen LogP contribution >= 0.6 is 0 Å². The summed E-state index contributed by atoms with van der Waals surface area (Å²) < 4.78 is 87.8. The highest BCUT2D eigenvalue weighted by molar-refractivity contribution is 7.91. The maximum absolute atomic E-state index is 13.5. The molecule has 1 heterocycles. The van der Waals surface area contributed by atoms with Crippen LogP contribution in [-0.2, 0) is 21.2 Å². The second kappa shape index (κ2) is 9.11. The lowest BCUT2D eigenvalue weighted by atomic mass is 10.0. The molecule has 1 aliphatic heterocycles. The molecule has 0 bridgehead atoms. The fourth-order valence-corrected chi connectivity index (χ4v) is 4.99. The van der Waals surface area contributed by atoms with E-state index < -0.39 is 45.0 Å². The number of nitrogens with zero attached hydrogens (tertiary/aromatic N) is 1. The van der Waals surface area contributed by atoms with Crippen molar-refractivity contribution in [3.05, 3.63) is 47.2 Å². The number of hydrogen-bond acceptors (Lipinski definition) is 5. The van der Waals surface area contributed by atoms with Crippen LogP contribution < -0.4 is 5.73 Å². The van der Waals surface area contributed by atoms with Crippen LogP contribution in [-0.4, -0.2) is 49.2 Å². The zero-order chi connectivity index (χ0) is 22.7. The standard InChI is InChI=1S/C18H20F5N3O3S/c19-13-5-12(6-14(20)7-13)9-26(3-1-11-2-4-30(28,29)10-11)17(27)15(24)8-16(25)18(21,22)23/h5-8,11,24H,1-4,9-10,25H2. The van der Waals surface area contributed by atoms with Crippen LogP contribution in [0, 0.1) is 23.0 Å². The fourth-order valence-electron chi connectivity index (χ4n) is 3.08. The molecule has 1 aromatic rings. The van der Waals surface area contributed by atoms with Crippen molar-refractivity contribution in [2.45, 2.75) is 25.6 Å². The van der Waals surface area contributed by atoms with Crippen molar-refractivity contribution in [3.8, 4) is 0 Å². The smallest absolute Gasteiger partial charge is 0.395 e. The van der Waals surface area contributed by atoms with Crippen LogP contribution in [0.25, 0.3) is 0 Å². The number of amides is 1. The highest BCUT2D eigenvalue weighted by atomic mass is 32.2. The first-order chi connectivity index (χ1) is 13.8. The molecule has 6 nitrogen and oxygen atoms in total. The molecule has 0 aliphatic carbocycles. The van der Waals surface area contributed by atoms with Gasteiger partial charge in [-0.1, -0.05) is 0 Å². The van der Waals surface area contributed by atoms with Crippen molar-refractivity contribution < 1.29 is 35.2 Å². The van der Waals surface area contributed by atoms with Gasteiger partial charge >= 0.3 is 6.18 Å². The van der Waals surface area contributed by atoms with Gasteiger partial charge in [-0.3, -0.25) is 10.2 Å². The van der Waals surface area contributed by atoms with E-state index in [1.807, 2.05) is 0 Å². The zero-order valence-corrected chi connectivity index (χ0v) is 16.5. The zero-order valence-electron chi connectivity index (χ0n) is 15.7. The van der Waals surface area contributed by atoms with Crippen molar-refractivity contribution >= 4 is 21.5 Å². The van der Waals surface area contributed by atoms with Crippen LogP contribution in [0.2, 0.25) is 0 Å². The molecule has 0 aromatic heterocycles. The molecule has 1 amide bonds. The van der Waals surface area contributed by atoms with Gasteiger partial charge in [0.15, 0.2) is 9.84 Å². The fraction of sp³-hybridized carbons (Fsp3) is 0.444. The Morgan fingerprint density at radius 3 is 2.33 bits per heavy atom. The summed E-state index contributed by atoms with van der Waals surface area (Å²) in [5.74, 6) is -3.29. The van der Waals surface area contributed by atoms with Crippen molar-refractivity contribution in [2.75, 3.05) is 18.1 Å². The molecule has 30 heavy (non-hydrogen) atoms. The molecule has 1 fully saturated rings. The number of allylic oxidation sites excluding steroid dienone is 1. The van der Waals surface area contributed by atoms with Gasteiger partial charge in [-0.15, -0.1) is 0 Å². The van der Waals surface area contributed by atoms with Crippen molar-refractivity contribution in [1.82, 2.24) is 4.90 Å². The number of benzene rings is 1. The van der Waals surface area contributed by atoms with E-state index in [4.69, 9.17) is 11.1 Å². The van der Waals surface area contributed by atoms with Crippen molar-refractivity contribution in [3.63, 3.8) is 0 Å². The highest BCUT2D eigenvalue weighted by Gasteiger charge is 2.33. The average Bonchev–Trinajstić information content (AvgIpc) is 2.95. The molecule has 1 aliphatic rings. The third kappa shape index (κ3) is 6.78. The third-order valence-electron chi connectivity index (χ3n) is 4.57. The van der Waals surface area contributed by atoms with E-state index >= 15 is 0 Å². The number of hydrogen-bond donors (Lipinski definition) is 2. The third-order valence-corrected chi connectivity index (χ3v) is 6.41. The van der Waals surface area contributed by atoms with E-state index in [0.29, 0.717) is 12.5 Å². The van der Waals surface area contributed by atoms with Gasteiger partial charge < -0.3 is 10.6 Å². The summed E-state index contributed by atoms with van der Waals surface area (Å²) in [6.45, 7) is -0.492. The number of nitrogens with one attached hydrogen (secondary N) is 1. The first kappa shape index (κ1) is 23.8. The SMILES string of the molecule is N=C(C=C(N)C(F)(F)F)C(=O)N(CCC1CCS(=O)(=O)C1)Cc1cc(F)cc(F)c1. The molecule has 0 spiro atoms. The lowest BCUT2D eigenvalue weighted by Crippen LogP contribution is -2.37. The van der Waals surface area contributed by atoms with Crippen LogP contribution in [0.4, 0.5) is 22.0 Å². The van der Waals surface area contributed by atoms with Crippen molar-refractivity contribution in [2.24, 2.45) is 11.7 Å². The second-order valence-electron chi connectivity index (χ2n) is 7.07. The van der Waals surface area contributed by atoms with Gasteiger partial charge in [-0.2, -0.15) is 13.2 Å². The summed E-state index contributed by atoms with van der Waals surface area (Å²) in [4.78, 5) is 13.5. The highest BCUT2D eigenvalue weighted by Crippen LogP contribution is 2.23. The summed E-state index contributed by atoms with van der Waals surface area (Å²) in [7, 11) is -3.18. The maximum atomic E-state index is 13.5. The molecular weight excluding hydrogens is 433 g/mol. The first-order valence-corrected chi connectivity index (χ1v) is 10.7. The molecule has 1 unspecified atom stereocenters. The predicted octanol–water partition coefficient (Wildman–Crippen LogP) is 2.54. The van der Waals surface area contributed by atoms with E-state index in [1.54, 1.807) is 0 Å². The van der Waals surface area contributed by atoms with Crippen LogP contribution in [0.5, 0.6) is 0 Å². The normalized spacial score (nSPS) is 19.0. The predicted molar refractivity (Wildman–Crippen MR) is 99.2 cm³/mol. The summed E-state index contributed by atoms with van der Waals surface area (Å²) >= 11 is 0. The number of rotatable bonds is 7. The van der Waals surface area contributed by atoms with Crippen LogP contribution in [0.1, 0.15) is 18.4 Å². The molecule has 12 heteroatoms. The van der Waals surface area contributed by atoms with Gasteiger partial charge in [-0.25, -0.2) is 17.2 Å². The molecule has 2 rings (SSSR count). The second-order valence-corrected chi connectivity index (χ2v) is 9.30. The topological polar surface area (TPSA) is 104 Å². The van der Waals surface area contributed by atoms with Gasteiger partial charge in [0.05, 0.1) is 11.5 Å². The summed E-state index contributed by atoms with van der Waals surface area (Å²) in [5.41, 5.74) is 2.18. The minimum Gasteiger partial charge on any atom is -0.395 e. The summed E-state index contributed by atoms with van der Waals surface area (Å²) in [6, 6.07) is 2.52. The van der Waals surface area contributed by atoms with E-state index in [-0.39, 0.29) is 48.6 Å². The number of carbonyl (C=O) groups excluding carboxylic acids is 1. The minimum absolute atomic E-state index is 0.00138. The van der Waals surface area contributed by atoms with Gasteiger partial charge in [0.2, 0.25) is 0 Å². The summed E-state index contributed by atoms with van der Waals surface area (Å²) in [5, 5.41) is 7.65. The van der Waals surface area contributed by atoms with Gasteiger partial charge in [0.25, 0.3) is 5.91 Å². The average molecular weight is 453 g/mol. The Morgan fingerprint density at radius 1 is 1.23 bits per heavy atom. The summed E-state index contributed by atoms with van der Waals surface area (Å²) in [6.07, 6.45) is -4.19. The van der Waals surface area contributed by atoms with Gasteiger partial charge in [-0.05, 0) is 42.5 Å². The van der Waals surface area contributed by atoms with E-state index in [1.165, 1.54) is 0 Å². The van der Waals surface area contributed by atoms with E-state index in [9.17, 15) is 35.2 Å². The first-order valence-electron chi connectivity index (χ1n) is 8.84. The van der Waals surface area contributed by atoms with Crippen LogP contribution in [0.3, 0.4) is 0 Å². The monoisotopic (exact) mass is 453 g/mol. The molecule has 0 radical (unpaired) electrons. The number of sulfone groups is 1. The number of alkyl halides is 3. The molecule has 1 saturated heterocycles. The Morgan fingerprint density at radius 2 is 1.83 bits per heavy atom. The maximum Gasteiger partial charge on any atom is 0.430 e. The minimum atomic E-state index is -4.93. The molecular formula is C18H20F5N3O3S. The molecule has 1 atom stereocenters. The Balaban J connectivity index is 2.21. The Bertz CT molecular complexity index is 940. The molecule has 3 N–H and O–H groups in total. The molecule has 1 aromatic carbocycles. The largest absolute Gasteiger partial charge is 0.430 e. The number of halogens is 5. The molecule has 0 saturated carbocycles. The van der Waals surface area contributed by atoms with E-state index in [2.05, 4.69) is 0 Å². The van der Waals surface area contributed by atoms with E-state index in [0.717, 1.165) is 17.0 Å². The molecule has 166 valence electrons.